The standard InChI is InChI=1S/C20H25N3O6S/c1-4-29-16-9-11(5-8-15(16)28-2)14(10-30(3,26)27)23-19(24)12-6-7-13(21)18(22)17(12)20(23)25/h5-9,14,19,24H,4,10,21-22H2,1-3H3. The molecule has 1 aliphatic heterocycles. The third-order valence-corrected chi connectivity index (χ3v) is 5.89. The zero-order chi connectivity index (χ0) is 22.2. The highest BCUT2D eigenvalue weighted by Gasteiger charge is 2.43. The van der Waals surface area contributed by atoms with Gasteiger partial charge in [-0.2, -0.15) is 0 Å². The van der Waals surface area contributed by atoms with Crippen molar-refractivity contribution >= 4 is 27.1 Å². The van der Waals surface area contributed by atoms with Crippen molar-refractivity contribution in [3.63, 3.8) is 0 Å². The number of carbonyl (C=O) groups excluding carboxylic acids is 1. The molecule has 2 unspecified atom stereocenters. The third-order valence-electron chi connectivity index (χ3n) is 4.97. The molecule has 162 valence electrons. The number of aliphatic hydroxyl groups is 1. The number of nitrogen functional groups attached to an aromatic ring is 2. The summed E-state index contributed by atoms with van der Waals surface area (Å²) in [5.41, 5.74) is 12.9. The quantitative estimate of drug-likeness (QED) is 0.555. The highest BCUT2D eigenvalue weighted by Crippen LogP contribution is 2.43. The predicted octanol–water partition coefficient (Wildman–Crippen LogP) is 1.49. The van der Waals surface area contributed by atoms with Crippen LogP contribution in [0.1, 0.15) is 40.7 Å². The normalized spacial score (nSPS) is 17.0. The lowest BCUT2D eigenvalue weighted by molar-refractivity contribution is 0.000317. The summed E-state index contributed by atoms with van der Waals surface area (Å²) in [6.45, 7) is 2.17. The molecule has 1 heterocycles. The molecule has 5 N–H and O–H groups in total. The summed E-state index contributed by atoms with van der Waals surface area (Å²) in [4.78, 5) is 14.3. The maximum Gasteiger partial charge on any atom is 0.259 e. The van der Waals surface area contributed by atoms with Crippen LogP contribution in [0.2, 0.25) is 0 Å². The van der Waals surface area contributed by atoms with Gasteiger partial charge in [0.1, 0.15) is 9.84 Å². The number of carbonyl (C=O) groups is 1. The molecule has 10 heteroatoms. The second kappa shape index (κ2) is 8.04. The van der Waals surface area contributed by atoms with Gasteiger partial charge < -0.3 is 30.9 Å². The predicted molar refractivity (Wildman–Crippen MR) is 113 cm³/mol. The van der Waals surface area contributed by atoms with Crippen molar-refractivity contribution in [2.24, 2.45) is 0 Å². The number of sulfone groups is 1. The number of nitrogens with two attached hydrogens (primary N) is 2. The van der Waals surface area contributed by atoms with E-state index in [0.29, 0.717) is 23.7 Å². The number of ether oxygens (including phenoxy) is 2. The van der Waals surface area contributed by atoms with Gasteiger partial charge in [-0.1, -0.05) is 12.1 Å². The maximum atomic E-state index is 13.2. The highest BCUT2D eigenvalue weighted by atomic mass is 32.2. The van der Waals surface area contributed by atoms with Crippen LogP contribution in [0.4, 0.5) is 11.4 Å². The Bertz CT molecular complexity index is 1090. The van der Waals surface area contributed by atoms with Gasteiger partial charge in [-0.05, 0) is 30.7 Å². The molecule has 3 rings (SSSR count). The van der Waals surface area contributed by atoms with Crippen LogP contribution in [-0.4, -0.2) is 50.1 Å². The number of aliphatic hydroxyl groups excluding tert-OH is 1. The van der Waals surface area contributed by atoms with Crippen LogP contribution in [0.25, 0.3) is 0 Å². The minimum atomic E-state index is -3.54. The maximum absolute atomic E-state index is 13.2. The van der Waals surface area contributed by atoms with Gasteiger partial charge in [0.15, 0.2) is 17.7 Å². The SMILES string of the molecule is CCOc1cc(C(CS(C)(=O)=O)N2C(=O)c3c(ccc(N)c3N)C2O)ccc1OC. The van der Waals surface area contributed by atoms with Gasteiger partial charge in [-0.25, -0.2) is 8.42 Å². The van der Waals surface area contributed by atoms with Crippen molar-refractivity contribution in [2.75, 3.05) is 37.2 Å². The number of fused-ring (bicyclic) bond motifs is 1. The first kappa shape index (κ1) is 21.7. The first-order chi connectivity index (χ1) is 14.1. The van der Waals surface area contributed by atoms with Crippen LogP contribution in [0.3, 0.4) is 0 Å². The molecule has 2 atom stereocenters. The summed E-state index contributed by atoms with van der Waals surface area (Å²) in [5.74, 6) is -0.132. The molecule has 30 heavy (non-hydrogen) atoms. The number of rotatable bonds is 7. The molecule has 9 nitrogen and oxygen atoms in total. The second-order valence-corrected chi connectivity index (χ2v) is 9.26. The molecule has 0 saturated heterocycles. The lowest BCUT2D eigenvalue weighted by atomic mass is 10.1. The average Bonchev–Trinajstić information content (AvgIpc) is 2.93. The van der Waals surface area contributed by atoms with Crippen molar-refractivity contribution < 1.29 is 27.8 Å². The van der Waals surface area contributed by atoms with Crippen LogP contribution < -0.4 is 20.9 Å². The molecular weight excluding hydrogens is 410 g/mol. The molecule has 0 fully saturated rings. The molecule has 1 aliphatic rings. The summed E-state index contributed by atoms with van der Waals surface area (Å²) in [6, 6.07) is 6.90. The second-order valence-electron chi connectivity index (χ2n) is 7.07. The third kappa shape index (κ3) is 3.88. The summed E-state index contributed by atoms with van der Waals surface area (Å²) < 4.78 is 35.2. The molecule has 0 saturated carbocycles. The van der Waals surface area contributed by atoms with Crippen LogP contribution in [-0.2, 0) is 9.84 Å². The van der Waals surface area contributed by atoms with Crippen molar-refractivity contribution in [2.45, 2.75) is 19.2 Å². The smallest absolute Gasteiger partial charge is 0.259 e. The minimum absolute atomic E-state index is 0.0573. The Balaban J connectivity index is 2.13. The van der Waals surface area contributed by atoms with E-state index < -0.39 is 33.8 Å². The molecular formula is C20H25N3O6S. The molecule has 1 amide bonds. The lowest BCUT2D eigenvalue weighted by Crippen LogP contribution is -2.36. The van der Waals surface area contributed by atoms with Gasteiger partial charge in [0.05, 0.1) is 42.4 Å². The molecule has 2 aromatic carbocycles. The summed E-state index contributed by atoms with van der Waals surface area (Å²) in [6.07, 6.45) is -0.306. The zero-order valence-electron chi connectivity index (χ0n) is 17.0. The van der Waals surface area contributed by atoms with Gasteiger partial charge in [0.2, 0.25) is 0 Å². The fraction of sp³-hybridized carbons (Fsp3) is 0.350. The topological polar surface area (TPSA) is 145 Å². The Morgan fingerprint density at radius 1 is 1.20 bits per heavy atom. The van der Waals surface area contributed by atoms with Gasteiger partial charge in [-0.3, -0.25) is 4.79 Å². The molecule has 0 aliphatic carbocycles. The number of benzene rings is 2. The Kier molecular flexibility index (Phi) is 5.82. The van der Waals surface area contributed by atoms with E-state index >= 15 is 0 Å². The number of hydrogen-bond donors (Lipinski definition) is 3. The molecule has 0 aromatic heterocycles. The van der Waals surface area contributed by atoms with E-state index in [4.69, 9.17) is 20.9 Å². The fourth-order valence-electron chi connectivity index (χ4n) is 3.60. The van der Waals surface area contributed by atoms with Crippen LogP contribution in [0, 0.1) is 0 Å². The van der Waals surface area contributed by atoms with Gasteiger partial charge in [-0.15, -0.1) is 0 Å². The van der Waals surface area contributed by atoms with E-state index in [1.165, 1.54) is 19.2 Å². The highest BCUT2D eigenvalue weighted by molar-refractivity contribution is 7.90. The Morgan fingerprint density at radius 2 is 1.90 bits per heavy atom. The van der Waals surface area contributed by atoms with E-state index in [2.05, 4.69) is 0 Å². The Labute approximate surface area is 175 Å². The summed E-state index contributed by atoms with van der Waals surface area (Å²) in [7, 11) is -2.05. The van der Waals surface area contributed by atoms with E-state index in [1.807, 2.05) is 0 Å². The zero-order valence-corrected chi connectivity index (χ0v) is 17.8. The molecule has 2 aromatic rings. The number of anilines is 2. The van der Waals surface area contributed by atoms with Crippen molar-refractivity contribution in [3.05, 3.63) is 47.0 Å². The first-order valence-electron chi connectivity index (χ1n) is 9.26. The van der Waals surface area contributed by atoms with Crippen LogP contribution in [0.5, 0.6) is 11.5 Å². The van der Waals surface area contributed by atoms with Crippen molar-refractivity contribution in [3.8, 4) is 11.5 Å². The van der Waals surface area contributed by atoms with Crippen LogP contribution in [0.15, 0.2) is 30.3 Å². The van der Waals surface area contributed by atoms with Crippen molar-refractivity contribution in [1.82, 2.24) is 4.90 Å². The largest absolute Gasteiger partial charge is 0.493 e. The first-order valence-corrected chi connectivity index (χ1v) is 11.3. The summed E-state index contributed by atoms with van der Waals surface area (Å²) >= 11 is 0. The Hall–Kier alpha value is -2.98. The number of methoxy groups -OCH3 is 1. The lowest BCUT2D eigenvalue weighted by Gasteiger charge is -2.31. The minimum Gasteiger partial charge on any atom is -0.493 e. The molecule has 0 radical (unpaired) electrons. The van der Waals surface area contributed by atoms with Crippen molar-refractivity contribution in [1.29, 1.82) is 0 Å². The van der Waals surface area contributed by atoms with E-state index in [1.54, 1.807) is 25.1 Å². The van der Waals surface area contributed by atoms with Gasteiger partial charge in [0.25, 0.3) is 5.91 Å². The van der Waals surface area contributed by atoms with E-state index in [9.17, 15) is 18.3 Å². The van der Waals surface area contributed by atoms with Gasteiger partial charge in [0, 0.05) is 11.8 Å². The molecule has 0 spiro atoms. The summed E-state index contributed by atoms with van der Waals surface area (Å²) in [5, 5.41) is 10.9. The van der Waals surface area contributed by atoms with E-state index in [-0.39, 0.29) is 22.5 Å². The molecule has 0 bridgehead atoms. The van der Waals surface area contributed by atoms with Crippen LogP contribution >= 0.6 is 0 Å². The average molecular weight is 436 g/mol. The number of amides is 1. The Morgan fingerprint density at radius 3 is 2.50 bits per heavy atom. The number of nitrogens with zero attached hydrogens (tertiary/aromatic N) is 1. The van der Waals surface area contributed by atoms with Gasteiger partial charge >= 0.3 is 0 Å². The van der Waals surface area contributed by atoms with E-state index in [0.717, 1.165) is 11.2 Å². The fourth-order valence-corrected chi connectivity index (χ4v) is 4.53. The number of hydrogen-bond acceptors (Lipinski definition) is 8. The monoisotopic (exact) mass is 435 g/mol.